The van der Waals surface area contributed by atoms with Gasteiger partial charge in [-0.1, -0.05) is 0 Å². The fraction of sp³-hybridized carbons (Fsp3) is 0.435. The predicted octanol–water partition coefficient (Wildman–Crippen LogP) is 8.68. The molecule has 34 heavy (non-hydrogen) atoms. The predicted molar refractivity (Wildman–Crippen MR) is 118 cm³/mol. The van der Waals surface area contributed by atoms with E-state index in [1.54, 1.807) is 24.3 Å². The maximum absolute atomic E-state index is 14.3. The molecule has 0 aliphatic heterocycles. The minimum absolute atomic E-state index is 0.323. The first-order valence-corrected chi connectivity index (χ1v) is 21.4. The number of nitrogens with zero attached hydrogens (tertiary/aromatic N) is 1. The standard InChI is InChI=1S/C11H5F6NO.C5H5.2CH3O.5CH3.Ti/c12-10(13,14)5-2-1-3-7-8(5)9(19)6(4-18-7)11(15,16)17;1-2-4-5-3-1;2*1-2;;;;;;/h1-4H,(H,18,19);1-5H;2*1H3;5*1H3;/q;;2*-1;;;;;;+3/p-1. The van der Waals surface area contributed by atoms with Crippen LogP contribution in [-0.4, -0.2) is 19.2 Å². The number of allylic oxidation sites excluding steroid dienone is 4. The van der Waals surface area contributed by atoms with Gasteiger partial charge in [0, 0.05) is 0 Å². The molecule has 2 aromatic rings. The average molecular weight is 530 g/mol. The van der Waals surface area contributed by atoms with Crippen LogP contribution in [0, 0.1) is 0 Å². The molecule has 0 radical (unpaired) electrons. The van der Waals surface area contributed by atoms with Crippen LogP contribution in [0.5, 0.6) is 5.75 Å². The molecule has 0 amide bonds. The van der Waals surface area contributed by atoms with E-state index in [9.17, 15) is 26.3 Å². The van der Waals surface area contributed by atoms with Gasteiger partial charge in [-0.25, -0.2) is 0 Å². The Morgan fingerprint density at radius 2 is 1.29 bits per heavy atom. The number of hydrogen-bond donors (Lipinski definition) is 0. The van der Waals surface area contributed by atoms with Gasteiger partial charge in [-0.15, -0.1) is 0 Å². The second kappa shape index (κ2) is 4.87. The first-order valence-electron chi connectivity index (χ1n) is 10.7. The second-order valence-electron chi connectivity index (χ2n) is 15.6. The molecule has 0 bridgehead atoms. The molecule has 0 N–H and O–H groups in total. The van der Waals surface area contributed by atoms with E-state index in [2.05, 4.69) is 4.98 Å². The van der Waals surface area contributed by atoms with Crippen molar-refractivity contribution in [2.24, 2.45) is 0 Å². The molecule has 0 unspecified atom stereocenters. The molecule has 0 spiro atoms. The van der Waals surface area contributed by atoms with Crippen molar-refractivity contribution in [3.63, 3.8) is 0 Å². The summed E-state index contributed by atoms with van der Waals surface area (Å²) in [4.78, 5) is 3.68. The zero-order valence-electron chi connectivity index (χ0n) is 20.1. The van der Waals surface area contributed by atoms with Crippen LogP contribution in [0.15, 0.2) is 48.7 Å². The van der Waals surface area contributed by atoms with E-state index in [0.717, 1.165) is 6.07 Å². The van der Waals surface area contributed by atoms with Crippen molar-refractivity contribution in [3.8, 4) is 5.75 Å². The third-order valence-electron chi connectivity index (χ3n) is 8.65. The molecule has 0 atom stereocenters. The molecule has 1 heterocycles. The number of hydrogen-bond acceptors (Lipinski definition) is 4. The molecule has 3 rings (SSSR count). The fourth-order valence-corrected chi connectivity index (χ4v) is 12.6. The Bertz CT molecular complexity index is 1350. The Balaban J connectivity index is 2.71. The van der Waals surface area contributed by atoms with Gasteiger partial charge in [0.15, 0.2) is 0 Å². The van der Waals surface area contributed by atoms with E-state index in [4.69, 9.17) is 9.96 Å². The molecule has 11 heteroatoms. The number of alkyl halides is 6. The first-order chi connectivity index (χ1) is 14.7. The van der Waals surface area contributed by atoms with Crippen LogP contribution >= 0.6 is 0 Å². The number of aromatic nitrogens is 1. The van der Waals surface area contributed by atoms with Gasteiger partial charge in [-0.3, -0.25) is 0 Å². The molecule has 191 valence electrons. The average Bonchev–Trinajstić information content (AvgIpc) is 3.24. The topological polar surface area (TPSA) is 40.6 Å². The van der Waals surface area contributed by atoms with Crippen molar-refractivity contribution >= 4 is 10.9 Å². The molecular weight excluding hydrogens is 500 g/mol. The van der Waals surface area contributed by atoms with Gasteiger partial charge in [-0.05, 0) is 0 Å². The van der Waals surface area contributed by atoms with Gasteiger partial charge in [0.2, 0.25) is 0 Å². The van der Waals surface area contributed by atoms with Crippen LogP contribution in [0.1, 0.15) is 11.1 Å². The van der Waals surface area contributed by atoms with Crippen LogP contribution in [0.2, 0.25) is 30.4 Å². The van der Waals surface area contributed by atoms with Crippen LogP contribution in [0.25, 0.3) is 10.9 Å². The Morgan fingerprint density at radius 1 is 0.794 bits per heavy atom. The summed E-state index contributed by atoms with van der Waals surface area (Å²) < 4.78 is 103. The van der Waals surface area contributed by atoms with Gasteiger partial charge >= 0.3 is 186 Å². The van der Waals surface area contributed by atoms with Crippen LogP contribution < -0.4 is 3.32 Å². The number of halogens is 6. The number of fused-ring (bicyclic) bond motifs is 1. The van der Waals surface area contributed by atoms with Gasteiger partial charge in [0.05, 0.1) is 0 Å². The third kappa shape index (κ3) is 3.44. The van der Waals surface area contributed by atoms with Crippen molar-refractivity contribution in [3.05, 3.63) is 59.8 Å². The zero-order valence-corrected chi connectivity index (χ0v) is 21.7. The molecule has 0 fully saturated rings. The van der Waals surface area contributed by atoms with E-state index < -0.39 is 50.2 Å². The van der Waals surface area contributed by atoms with Crippen molar-refractivity contribution in [2.45, 2.75) is 42.7 Å². The molecule has 0 saturated heterocycles. The van der Waals surface area contributed by atoms with E-state index in [1.165, 1.54) is 46.4 Å². The molecular formula is C23H30F6NO3Ti. The maximum atomic E-state index is 14.3. The summed E-state index contributed by atoms with van der Waals surface area (Å²) in [5.74, 6) is -1.07. The molecule has 1 aliphatic carbocycles. The summed E-state index contributed by atoms with van der Waals surface area (Å²) in [7, 11) is 2.46. The Hall–Kier alpha value is -1.88. The zero-order chi connectivity index (χ0) is 26.3. The van der Waals surface area contributed by atoms with Crippen molar-refractivity contribution in [2.75, 3.05) is 14.2 Å². The first kappa shape index (κ1) is 26.7. The molecule has 1 aliphatic rings. The summed E-state index contributed by atoms with van der Waals surface area (Å²) in [5, 5.41) is 6.42. The van der Waals surface area contributed by atoms with Crippen LogP contribution in [0.3, 0.4) is 0 Å². The Labute approximate surface area is 186 Å². The monoisotopic (exact) mass is 530 g/mol. The van der Waals surface area contributed by atoms with E-state index >= 15 is 0 Å². The Morgan fingerprint density at radius 3 is 1.74 bits per heavy atom. The van der Waals surface area contributed by atoms with E-state index in [0.29, 0.717) is 12.3 Å². The number of rotatable bonds is 5. The molecule has 1 aromatic carbocycles. The number of pyridine rings is 1. The Kier molecular flexibility index (Phi) is 3.83. The van der Waals surface area contributed by atoms with Crippen molar-refractivity contribution in [1.82, 2.24) is 4.98 Å². The van der Waals surface area contributed by atoms with E-state index in [1.807, 2.05) is 0 Å². The van der Waals surface area contributed by atoms with Gasteiger partial charge in [0.1, 0.15) is 0 Å². The molecule has 0 saturated carbocycles. The van der Waals surface area contributed by atoms with Gasteiger partial charge in [0.25, 0.3) is 0 Å². The molecule has 1 aromatic heterocycles. The van der Waals surface area contributed by atoms with Crippen molar-refractivity contribution < 1.29 is 47.6 Å². The fourth-order valence-electron chi connectivity index (χ4n) is 4.55. The summed E-state index contributed by atoms with van der Waals surface area (Å²) >= 11 is -7.68. The third-order valence-corrected chi connectivity index (χ3v) is 26.2. The van der Waals surface area contributed by atoms with E-state index in [-0.39, 0.29) is 5.52 Å². The van der Waals surface area contributed by atoms with Crippen molar-refractivity contribution in [1.29, 1.82) is 0 Å². The quantitative estimate of drug-likeness (QED) is 0.287. The van der Waals surface area contributed by atoms with Gasteiger partial charge in [-0.2, -0.15) is 0 Å². The summed E-state index contributed by atoms with van der Waals surface area (Å²) in [5.41, 5.74) is -3.13. The second-order valence-corrected chi connectivity index (χ2v) is 49.8. The number of benzene rings is 1. The van der Waals surface area contributed by atoms with Crippen LogP contribution in [0.4, 0.5) is 26.3 Å². The summed E-state index contributed by atoms with van der Waals surface area (Å²) in [6.45, 7) is 0. The summed E-state index contributed by atoms with van der Waals surface area (Å²) in [6, 6.07) is 2.95. The molecule has 4 nitrogen and oxygen atoms in total. The van der Waals surface area contributed by atoms with Crippen LogP contribution in [-0.2, 0) is 30.3 Å². The normalized spacial score (nSPS) is 21.7. The van der Waals surface area contributed by atoms with Gasteiger partial charge < -0.3 is 0 Å². The SMILES string of the molecule is C[O][Ti]([CH3])([CH3])([CH3])([CH3])([CH3])([O]C)([O]c1c(C(F)(F)F)cnc2cccc(C(F)(F)F)c12)[CH]1C=CC=C1. The summed E-state index contributed by atoms with van der Waals surface area (Å²) in [6.07, 6.45) is -3.07. The minimum atomic E-state index is -7.68.